The molecule has 14 heavy (non-hydrogen) atoms. The predicted molar refractivity (Wildman–Crippen MR) is 56.9 cm³/mol. The van der Waals surface area contributed by atoms with E-state index in [1.54, 1.807) is 13.4 Å². The van der Waals surface area contributed by atoms with Gasteiger partial charge in [-0.15, -0.1) is 0 Å². The SMILES string of the molecule is CCC(C)(OC)C(N)C1=COCCC1. The molecule has 0 saturated carbocycles. The number of hydrogen-bond donors (Lipinski definition) is 1. The van der Waals surface area contributed by atoms with Crippen LogP contribution in [-0.2, 0) is 9.47 Å². The standard InChI is InChI=1S/C11H21NO2/c1-4-11(2,13-3)10(12)9-6-5-7-14-8-9/h8,10H,4-7,12H2,1-3H3. The number of rotatable bonds is 4. The largest absolute Gasteiger partial charge is 0.501 e. The minimum absolute atomic E-state index is 0.0576. The monoisotopic (exact) mass is 199 g/mol. The van der Waals surface area contributed by atoms with Crippen LogP contribution in [0.25, 0.3) is 0 Å². The molecule has 0 aromatic rings. The van der Waals surface area contributed by atoms with Crippen molar-refractivity contribution in [1.29, 1.82) is 0 Å². The van der Waals surface area contributed by atoms with Crippen molar-refractivity contribution < 1.29 is 9.47 Å². The Morgan fingerprint density at radius 3 is 2.86 bits per heavy atom. The second kappa shape index (κ2) is 4.80. The van der Waals surface area contributed by atoms with Crippen molar-refractivity contribution in [2.24, 2.45) is 5.73 Å². The Morgan fingerprint density at radius 2 is 2.43 bits per heavy atom. The van der Waals surface area contributed by atoms with Gasteiger partial charge in [0.1, 0.15) is 0 Å². The quantitative estimate of drug-likeness (QED) is 0.751. The van der Waals surface area contributed by atoms with Gasteiger partial charge in [0.15, 0.2) is 0 Å². The van der Waals surface area contributed by atoms with E-state index in [4.69, 9.17) is 15.2 Å². The molecular weight excluding hydrogens is 178 g/mol. The van der Waals surface area contributed by atoms with Crippen molar-refractivity contribution in [1.82, 2.24) is 0 Å². The first-order chi connectivity index (χ1) is 6.64. The van der Waals surface area contributed by atoms with Gasteiger partial charge in [-0.3, -0.25) is 0 Å². The van der Waals surface area contributed by atoms with Crippen LogP contribution in [0.5, 0.6) is 0 Å². The maximum absolute atomic E-state index is 6.17. The maximum atomic E-state index is 6.17. The first-order valence-electron chi connectivity index (χ1n) is 5.25. The van der Waals surface area contributed by atoms with Gasteiger partial charge in [0.2, 0.25) is 0 Å². The fourth-order valence-electron chi connectivity index (χ4n) is 1.70. The van der Waals surface area contributed by atoms with Crippen molar-refractivity contribution in [3.63, 3.8) is 0 Å². The zero-order chi connectivity index (χ0) is 10.6. The van der Waals surface area contributed by atoms with E-state index < -0.39 is 0 Å². The molecule has 0 aromatic heterocycles. The Morgan fingerprint density at radius 1 is 1.71 bits per heavy atom. The Bertz CT molecular complexity index is 209. The Balaban J connectivity index is 2.71. The van der Waals surface area contributed by atoms with Crippen molar-refractivity contribution in [2.45, 2.75) is 44.8 Å². The summed E-state index contributed by atoms with van der Waals surface area (Å²) in [5.41, 5.74) is 7.07. The third-order valence-corrected chi connectivity index (χ3v) is 3.19. The summed E-state index contributed by atoms with van der Waals surface area (Å²) in [5.74, 6) is 0. The van der Waals surface area contributed by atoms with Gasteiger partial charge in [-0.2, -0.15) is 0 Å². The van der Waals surface area contributed by atoms with Gasteiger partial charge >= 0.3 is 0 Å². The van der Waals surface area contributed by atoms with Crippen LogP contribution in [0.3, 0.4) is 0 Å². The summed E-state index contributed by atoms with van der Waals surface area (Å²) >= 11 is 0. The highest BCUT2D eigenvalue weighted by Crippen LogP contribution is 2.26. The van der Waals surface area contributed by atoms with Crippen molar-refractivity contribution in [2.75, 3.05) is 13.7 Å². The van der Waals surface area contributed by atoms with Gasteiger partial charge in [0, 0.05) is 7.11 Å². The van der Waals surface area contributed by atoms with Crippen molar-refractivity contribution >= 4 is 0 Å². The van der Waals surface area contributed by atoms with Crippen LogP contribution in [-0.4, -0.2) is 25.4 Å². The van der Waals surface area contributed by atoms with E-state index in [0.717, 1.165) is 25.9 Å². The number of ether oxygens (including phenoxy) is 2. The molecule has 2 N–H and O–H groups in total. The molecule has 1 aliphatic rings. The van der Waals surface area contributed by atoms with Crippen LogP contribution in [0.1, 0.15) is 33.1 Å². The Hall–Kier alpha value is -0.540. The van der Waals surface area contributed by atoms with Crippen LogP contribution in [0, 0.1) is 0 Å². The van der Waals surface area contributed by atoms with E-state index in [1.165, 1.54) is 5.57 Å². The van der Waals surface area contributed by atoms with E-state index in [9.17, 15) is 0 Å². The lowest BCUT2D eigenvalue weighted by Crippen LogP contribution is -2.48. The summed E-state index contributed by atoms with van der Waals surface area (Å²) in [6, 6.07) is -0.0576. The molecule has 3 heteroatoms. The number of methoxy groups -OCH3 is 1. The summed E-state index contributed by atoms with van der Waals surface area (Å²) in [4.78, 5) is 0. The second-order valence-electron chi connectivity index (χ2n) is 4.02. The molecular formula is C11H21NO2. The van der Waals surface area contributed by atoms with Crippen LogP contribution >= 0.6 is 0 Å². The normalized spacial score (nSPS) is 23.3. The Kier molecular flexibility index (Phi) is 3.96. The molecule has 1 rings (SSSR count). The van der Waals surface area contributed by atoms with Crippen LogP contribution in [0.4, 0.5) is 0 Å². The molecule has 2 atom stereocenters. The lowest BCUT2D eigenvalue weighted by Gasteiger charge is -2.35. The average molecular weight is 199 g/mol. The highest BCUT2D eigenvalue weighted by atomic mass is 16.5. The zero-order valence-corrected chi connectivity index (χ0v) is 9.38. The van der Waals surface area contributed by atoms with Crippen LogP contribution in [0.2, 0.25) is 0 Å². The van der Waals surface area contributed by atoms with E-state index >= 15 is 0 Å². The van der Waals surface area contributed by atoms with Gasteiger partial charge in [0.05, 0.1) is 24.5 Å². The van der Waals surface area contributed by atoms with Gasteiger partial charge in [-0.05, 0) is 31.8 Å². The number of hydrogen-bond acceptors (Lipinski definition) is 3. The molecule has 0 aliphatic carbocycles. The molecule has 0 amide bonds. The fourth-order valence-corrected chi connectivity index (χ4v) is 1.70. The second-order valence-corrected chi connectivity index (χ2v) is 4.02. The van der Waals surface area contributed by atoms with Crippen molar-refractivity contribution in [3.05, 3.63) is 11.8 Å². The van der Waals surface area contributed by atoms with E-state index in [1.807, 2.05) is 6.92 Å². The smallest absolute Gasteiger partial charge is 0.0876 e. The van der Waals surface area contributed by atoms with Gasteiger partial charge in [0.25, 0.3) is 0 Å². The van der Waals surface area contributed by atoms with Gasteiger partial charge < -0.3 is 15.2 Å². The molecule has 0 spiro atoms. The van der Waals surface area contributed by atoms with Crippen LogP contribution < -0.4 is 5.73 Å². The Labute approximate surface area is 86.3 Å². The van der Waals surface area contributed by atoms with Crippen molar-refractivity contribution in [3.8, 4) is 0 Å². The fraction of sp³-hybridized carbons (Fsp3) is 0.818. The molecule has 0 aromatic carbocycles. The van der Waals surface area contributed by atoms with E-state index in [2.05, 4.69) is 6.92 Å². The molecule has 0 radical (unpaired) electrons. The lowest BCUT2D eigenvalue weighted by atomic mass is 9.86. The molecule has 0 saturated heterocycles. The summed E-state index contributed by atoms with van der Waals surface area (Å²) in [5, 5.41) is 0. The summed E-state index contributed by atoms with van der Waals surface area (Å²) in [6.45, 7) is 4.95. The third-order valence-electron chi connectivity index (χ3n) is 3.19. The molecule has 82 valence electrons. The first-order valence-corrected chi connectivity index (χ1v) is 5.25. The number of nitrogens with two attached hydrogens (primary N) is 1. The van der Waals surface area contributed by atoms with E-state index in [-0.39, 0.29) is 11.6 Å². The first kappa shape index (κ1) is 11.5. The molecule has 0 fully saturated rings. The highest BCUT2D eigenvalue weighted by molar-refractivity contribution is 5.15. The topological polar surface area (TPSA) is 44.5 Å². The van der Waals surface area contributed by atoms with E-state index in [0.29, 0.717) is 0 Å². The molecule has 2 unspecified atom stereocenters. The summed E-state index contributed by atoms with van der Waals surface area (Å²) in [7, 11) is 1.72. The summed E-state index contributed by atoms with van der Waals surface area (Å²) < 4.78 is 10.8. The van der Waals surface area contributed by atoms with Gasteiger partial charge in [-0.1, -0.05) is 6.92 Å². The predicted octanol–water partition coefficient (Wildman–Crippen LogP) is 1.82. The average Bonchev–Trinajstić information content (AvgIpc) is 2.28. The summed E-state index contributed by atoms with van der Waals surface area (Å²) in [6.07, 6.45) is 4.80. The minimum Gasteiger partial charge on any atom is -0.501 e. The molecule has 0 bridgehead atoms. The maximum Gasteiger partial charge on any atom is 0.0876 e. The zero-order valence-electron chi connectivity index (χ0n) is 9.38. The van der Waals surface area contributed by atoms with Crippen LogP contribution in [0.15, 0.2) is 11.8 Å². The lowest BCUT2D eigenvalue weighted by molar-refractivity contribution is -0.0122. The third kappa shape index (κ3) is 2.28. The highest BCUT2D eigenvalue weighted by Gasteiger charge is 2.32. The molecule has 1 heterocycles. The minimum atomic E-state index is -0.271. The molecule has 3 nitrogen and oxygen atoms in total. The molecule has 1 aliphatic heterocycles. The van der Waals surface area contributed by atoms with Gasteiger partial charge in [-0.25, -0.2) is 0 Å².